The molecule has 1 saturated heterocycles. The van der Waals surface area contributed by atoms with Crippen LogP contribution in [0.25, 0.3) is 0 Å². The maximum Gasteiger partial charge on any atom is 0.134 e. The second kappa shape index (κ2) is 4.79. The summed E-state index contributed by atoms with van der Waals surface area (Å²) in [5.41, 5.74) is 2.27. The summed E-state index contributed by atoms with van der Waals surface area (Å²) in [7, 11) is 0. The fourth-order valence-electron chi connectivity index (χ4n) is 2.71. The molecular formula is C15H16N4. The minimum Gasteiger partial charge on any atom is -0.374 e. The van der Waals surface area contributed by atoms with E-state index in [1.165, 1.54) is 0 Å². The first-order valence-corrected chi connectivity index (χ1v) is 6.44. The van der Waals surface area contributed by atoms with Gasteiger partial charge in [-0.1, -0.05) is 13.8 Å². The summed E-state index contributed by atoms with van der Waals surface area (Å²) in [6.07, 6.45) is 2.60. The summed E-state index contributed by atoms with van der Waals surface area (Å²) in [5, 5.41) is 27.6. The predicted octanol–water partition coefficient (Wildman–Crippen LogP) is 2.63. The molecule has 0 saturated carbocycles. The van der Waals surface area contributed by atoms with Crippen molar-refractivity contribution in [2.45, 2.75) is 33.1 Å². The lowest BCUT2D eigenvalue weighted by atomic mass is 9.72. The molecular weight excluding hydrogens is 236 g/mol. The van der Waals surface area contributed by atoms with E-state index in [-0.39, 0.29) is 11.0 Å². The first-order chi connectivity index (χ1) is 9.02. The molecule has 4 heteroatoms. The quantitative estimate of drug-likeness (QED) is 0.672. The van der Waals surface area contributed by atoms with Gasteiger partial charge in [0.05, 0.1) is 5.57 Å². The van der Waals surface area contributed by atoms with Crippen LogP contribution in [0.1, 0.15) is 33.1 Å². The maximum absolute atomic E-state index is 9.42. The molecule has 0 spiro atoms. The zero-order valence-corrected chi connectivity index (χ0v) is 11.3. The molecule has 1 heterocycles. The van der Waals surface area contributed by atoms with Crippen molar-refractivity contribution in [2.75, 3.05) is 13.1 Å². The van der Waals surface area contributed by atoms with E-state index in [1.54, 1.807) is 0 Å². The smallest absolute Gasteiger partial charge is 0.134 e. The van der Waals surface area contributed by atoms with Gasteiger partial charge in [-0.15, -0.1) is 0 Å². The summed E-state index contributed by atoms with van der Waals surface area (Å²) in [6, 6.07) is 6.09. The van der Waals surface area contributed by atoms with Gasteiger partial charge in [0, 0.05) is 24.4 Å². The Kier molecular flexibility index (Phi) is 3.32. The van der Waals surface area contributed by atoms with E-state index in [4.69, 9.17) is 10.5 Å². The van der Waals surface area contributed by atoms with Gasteiger partial charge in [0.15, 0.2) is 0 Å². The lowest BCUT2D eigenvalue weighted by molar-refractivity contribution is 0.196. The van der Waals surface area contributed by atoms with Crippen LogP contribution in [0.4, 0.5) is 0 Å². The van der Waals surface area contributed by atoms with E-state index in [0.717, 1.165) is 31.6 Å². The average Bonchev–Trinajstić information content (AvgIpc) is 2.27. The lowest BCUT2D eigenvalue weighted by Gasteiger charge is -2.42. The van der Waals surface area contributed by atoms with Gasteiger partial charge in [-0.05, 0) is 24.7 Å². The highest BCUT2D eigenvalue weighted by atomic mass is 15.2. The van der Waals surface area contributed by atoms with Crippen LogP contribution >= 0.6 is 0 Å². The standard InChI is InChI=1S/C15H16N4/c1-15(2)6-12(11(8-16)9-17)13(10-18)14(7-15)19-4-3-5-19/h3-7H2,1-2H3. The number of rotatable bonds is 1. The van der Waals surface area contributed by atoms with E-state index in [0.29, 0.717) is 17.6 Å². The molecule has 0 aromatic rings. The molecule has 0 amide bonds. The van der Waals surface area contributed by atoms with Gasteiger partial charge < -0.3 is 4.90 Å². The van der Waals surface area contributed by atoms with Crippen molar-refractivity contribution in [1.29, 1.82) is 15.8 Å². The summed E-state index contributed by atoms with van der Waals surface area (Å²) < 4.78 is 0. The topological polar surface area (TPSA) is 74.6 Å². The number of likely N-dealkylation sites (tertiary alicyclic amines) is 1. The second-order valence-electron chi connectivity index (χ2n) is 5.87. The van der Waals surface area contributed by atoms with Gasteiger partial charge in [0.1, 0.15) is 23.8 Å². The average molecular weight is 252 g/mol. The van der Waals surface area contributed by atoms with Gasteiger partial charge in [0.2, 0.25) is 0 Å². The Morgan fingerprint density at radius 1 is 1.11 bits per heavy atom. The Labute approximate surface area is 113 Å². The van der Waals surface area contributed by atoms with Crippen molar-refractivity contribution in [3.8, 4) is 18.2 Å². The number of hydrogen-bond donors (Lipinski definition) is 0. The second-order valence-corrected chi connectivity index (χ2v) is 5.87. The Morgan fingerprint density at radius 3 is 2.16 bits per heavy atom. The van der Waals surface area contributed by atoms with E-state index >= 15 is 0 Å². The molecule has 4 nitrogen and oxygen atoms in total. The lowest BCUT2D eigenvalue weighted by Crippen LogP contribution is -2.40. The van der Waals surface area contributed by atoms with Gasteiger partial charge in [0.25, 0.3) is 0 Å². The molecule has 1 aliphatic carbocycles. The third-order valence-corrected chi connectivity index (χ3v) is 3.77. The number of allylic oxidation sites excluding steroid dienone is 4. The summed E-state index contributed by atoms with van der Waals surface area (Å²) in [5.74, 6) is 0. The van der Waals surface area contributed by atoms with Crippen LogP contribution in [0.5, 0.6) is 0 Å². The Balaban J connectivity index is 2.60. The van der Waals surface area contributed by atoms with Crippen molar-refractivity contribution in [1.82, 2.24) is 4.90 Å². The van der Waals surface area contributed by atoms with Crippen molar-refractivity contribution < 1.29 is 0 Å². The third kappa shape index (κ3) is 2.33. The molecule has 1 fully saturated rings. The fraction of sp³-hybridized carbons (Fsp3) is 0.533. The molecule has 0 aromatic carbocycles. The molecule has 0 unspecified atom stereocenters. The predicted molar refractivity (Wildman–Crippen MR) is 70.1 cm³/mol. The molecule has 2 aliphatic rings. The fourth-order valence-corrected chi connectivity index (χ4v) is 2.71. The minimum atomic E-state index is -0.0143. The van der Waals surface area contributed by atoms with Crippen LogP contribution < -0.4 is 0 Å². The summed E-state index contributed by atoms with van der Waals surface area (Å²) in [4.78, 5) is 2.20. The largest absolute Gasteiger partial charge is 0.374 e. The molecule has 96 valence electrons. The van der Waals surface area contributed by atoms with E-state index in [9.17, 15) is 5.26 Å². The Hall–Kier alpha value is -2.25. The van der Waals surface area contributed by atoms with Gasteiger partial charge in [-0.2, -0.15) is 15.8 Å². The SMILES string of the molecule is CC1(C)CC(=C(C#N)C#N)C(C#N)=C(N2CCC2)C1. The zero-order valence-electron chi connectivity index (χ0n) is 11.3. The maximum atomic E-state index is 9.42. The molecule has 19 heavy (non-hydrogen) atoms. The Bertz CT molecular complexity index is 567. The number of hydrogen-bond acceptors (Lipinski definition) is 4. The normalized spacial score (nSPS) is 21.0. The summed E-state index contributed by atoms with van der Waals surface area (Å²) in [6.45, 7) is 6.18. The van der Waals surface area contributed by atoms with Crippen molar-refractivity contribution >= 4 is 0 Å². The van der Waals surface area contributed by atoms with Crippen LogP contribution in [0.15, 0.2) is 22.4 Å². The first-order valence-electron chi connectivity index (χ1n) is 6.44. The van der Waals surface area contributed by atoms with Gasteiger partial charge in [-0.3, -0.25) is 0 Å². The van der Waals surface area contributed by atoms with Crippen LogP contribution in [0.3, 0.4) is 0 Å². The minimum absolute atomic E-state index is 0.0143. The highest BCUT2D eigenvalue weighted by Crippen LogP contribution is 2.44. The number of nitrogens with zero attached hydrogens (tertiary/aromatic N) is 4. The number of nitriles is 3. The summed E-state index contributed by atoms with van der Waals surface area (Å²) >= 11 is 0. The van der Waals surface area contributed by atoms with Crippen LogP contribution in [0, 0.1) is 39.4 Å². The molecule has 0 atom stereocenters. The highest BCUT2D eigenvalue weighted by molar-refractivity contribution is 5.57. The van der Waals surface area contributed by atoms with Gasteiger partial charge >= 0.3 is 0 Å². The Morgan fingerprint density at radius 2 is 1.74 bits per heavy atom. The van der Waals surface area contributed by atoms with Gasteiger partial charge in [-0.25, -0.2) is 0 Å². The van der Waals surface area contributed by atoms with Crippen molar-refractivity contribution in [3.63, 3.8) is 0 Å². The zero-order chi connectivity index (χ0) is 14.0. The van der Waals surface area contributed by atoms with E-state index in [1.807, 2.05) is 12.1 Å². The molecule has 0 radical (unpaired) electrons. The van der Waals surface area contributed by atoms with Crippen LogP contribution in [-0.2, 0) is 0 Å². The molecule has 1 aliphatic heterocycles. The molecule has 0 aromatic heterocycles. The van der Waals surface area contributed by atoms with E-state index < -0.39 is 0 Å². The monoisotopic (exact) mass is 252 g/mol. The molecule has 0 bridgehead atoms. The van der Waals surface area contributed by atoms with Crippen molar-refractivity contribution in [2.24, 2.45) is 5.41 Å². The highest BCUT2D eigenvalue weighted by Gasteiger charge is 2.35. The van der Waals surface area contributed by atoms with E-state index in [2.05, 4.69) is 24.8 Å². The molecule has 2 rings (SSSR count). The van der Waals surface area contributed by atoms with Crippen LogP contribution in [0.2, 0.25) is 0 Å². The van der Waals surface area contributed by atoms with Crippen LogP contribution in [-0.4, -0.2) is 18.0 Å². The first kappa shape index (κ1) is 13.2. The third-order valence-electron chi connectivity index (χ3n) is 3.77. The van der Waals surface area contributed by atoms with Crippen molar-refractivity contribution in [3.05, 3.63) is 22.4 Å². The molecule has 0 N–H and O–H groups in total.